The highest BCUT2D eigenvalue weighted by atomic mass is 15.1. The molecule has 1 aliphatic heterocycles. The lowest BCUT2D eigenvalue weighted by Gasteiger charge is -2.30. The second-order valence-electron chi connectivity index (χ2n) is 4.23. The monoisotopic (exact) mass is 184 g/mol. The average molecular weight is 184 g/mol. The molecule has 0 saturated carbocycles. The van der Waals surface area contributed by atoms with Crippen LogP contribution in [0.4, 0.5) is 0 Å². The molecule has 1 N–H and O–H groups in total. The van der Waals surface area contributed by atoms with Crippen molar-refractivity contribution in [2.24, 2.45) is 5.92 Å². The Balaban J connectivity index is 1.96. The summed E-state index contributed by atoms with van der Waals surface area (Å²) in [5.41, 5.74) is 0. The summed E-state index contributed by atoms with van der Waals surface area (Å²) in [6.07, 6.45) is 4.12. The van der Waals surface area contributed by atoms with Gasteiger partial charge in [-0.15, -0.1) is 0 Å². The van der Waals surface area contributed by atoms with Crippen molar-refractivity contribution in [1.29, 1.82) is 0 Å². The maximum Gasteiger partial charge on any atom is -0.000664 e. The molecule has 0 aromatic rings. The predicted octanol–water partition coefficient (Wildman–Crippen LogP) is 1.72. The summed E-state index contributed by atoms with van der Waals surface area (Å²) in [6, 6.07) is 0. The van der Waals surface area contributed by atoms with Crippen molar-refractivity contribution < 1.29 is 0 Å². The quantitative estimate of drug-likeness (QED) is 0.654. The molecule has 0 aliphatic carbocycles. The average Bonchev–Trinajstić information content (AvgIpc) is 2.15. The van der Waals surface area contributed by atoms with Crippen molar-refractivity contribution >= 4 is 0 Å². The lowest BCUT2D eigenvalue weighted by molar-refractivity contribution is 0.190. The number of nitrogens with one attached hydrogen (secondary N) is 1. The molecule has 2 heteroatoms. The van der Waals surface area contributed by atoms with Gasteiger partial charge >= 0.3 is 0 Å². The summed E-state index contributed by atoms with van der Waals surface area (Å²) < 4.78 is 0. The number of rotatable bonds is 5. The van der Waals surface area contributed by atoms with E-state index in [0.29, 0.717) is 0 Å². The Morgan fingerprint density at radius 1 is 1.31 bits per heavy atom. The Hall–Kier alpha value is -0.0800. The molecule has 0 amide bonds. The summed E-state index contributed by atoms with van der Waals surface area (Å²) in [5, 5.41) is 3.37. The van der Waals surface area contributed by atoms with Gasteiger partial charge in [0.15, 0.2) is 0 Å². The number of nitrogens with zero attached hydrogens (tertiary/aromatic N) is 1. The van der Waals surface area contributed by atoms with Crippen LogP contribution in [0, 0.1) is 5.92 Å². The van der Waals surface area contributed by atoms with Gasteiger partial charge in [-0.05, 0) is 57.9 Å². The van der Waals surface area contributed by atoms with E-state index >= 15 is 0 Å². The molecule has 1 aliphatic rings. The summed E-state index contributed by atoms with van der Waals surface area (Å²) in [7, 11) is 0. The summed E-state index contributed by atoms with van der Waals surface area (Å²) in [4.78, 5) is 2.61. The molecule has 1 rings (SSSR count). The zero-order valence-electron chi connectivity index (χ0n) is 9.18. The normalized spacial score (nSPS) is 20.8. The number of hydrogen-bond acceptors (Lipinski definition) is 2. The van der Waals surface area contributed by atoms with Crippen molar-refractivity contribution in [3.63, 3.8) is 0 Å². The van der Waals surface area contributed by atoms with Crippen molar-refractivity contribution in [3.05, 3.63) is 0 Å². The van der Waals surface area contributed by atoms with Crippen molar-refractivity contribution in [1.82, 2.24) is 10.2 Å². The highest BCUT2D eigenvalue weighted by Crippen LogP contribution is 2.15. The van der Waals surface area contributed by atoms with Crippen molar-refractivity contribution in [2.45, 2.75) is 33.1 Å². The van der Waals surface area contributed by atoms with E-state index in [1.807, 2.05) is 0 Å². The van der Waals surface area contributed by atoms with Gasteiger partial charge in [0, 0.05) is 0 Å². The topological polar surface area (TPSA) is 15.3 Å². The molecule has 13 heavy (non-hydrogen) atoms. The fraction of sp³-hybridized carbons (Fsp3) is 1.00. The minimum Gasteiger partial charge on any atom is -0.317 e. The van der Waals surface area contributed by atoms with E-state index < -0.39 is 0 Å². The van der Waals surface area contributed by atoms with Crippen LogP contribution in [0.5, 0.6) is 0 Å². The third kappa shape index (κ3) is 4.63. The highest BCUT2D eigenvalue weighted by Gasteiger charge is 2.14. The van der Waals surface area contributed by atoms with Gasteiger partial charge in [-0.1, -0.05) is 13.8 Å². The first-order chi connectivity index (χ1) is 6.33. The molecule has 0 bridgehead atoms. The zero-order chi connectivity index (χ0) is 9.52. The van der Waals surface area contributed by atoms with Gasteiger partial charge in [0.25, 0.3) is 0 Å². The molecule has 2 nitrogen and oxygen atoms in total. The molecule has 0 unspecified atom stereocenters. The van der Waals surface area contributed by atoms with Gasteiger partial charge in [0.1, 0.15) is 0 Å². The SMILES string of the molecule is CCNCCCN1CCC(C)CC1. The van der Waals surface area contributed by atoms with Crippen LogP contribution in [0.25, 0.3) is 0 Å². The van der Waals surface area contributed by atoms with Gasteiger partial charge < -0.3 is 10.2 Å². The third-order valence-electron chi connectivity index (χ3n) is 2.95. The molecule has 0 aromatic heterocycles. The largest absolute Gasteiger partial charge is 0.317 e. The van der Waals surface area contributed by atoms with Crippen LogP contribution in [-0.2, 0) is 0 Å². The van der Waals surface area contributed by atoms with E-state index in [-0.39, 0.29) is 0 Å². The van der Waals surface area contributed by atoms with Crippen LogP contribution in [0.15, 0.2) is 0 Å². The standard InChI is InChI=1S/C11H24N2/c1-3-12-7-4-8-13-9-5-11(2)6-10-13/h11-12H,3-10H2,1-2H3. The van der Waals surface area contributed by atoms with E-state index in [9.17, 15) is 0 Å². The van der Waals surface area contributed by atoms with Crippen LogP contribution in [0.2, 0.25) is 0 Å². The van der Waals surface area contributed by atoms with Crippen LogP contribution in [0.1, 0.15) is 33.1 Å². The van der Waals surface area contributed by atoms with Gasteiger partial charge in [-0.3, -0.25) is 0 Å². The first kappa shape index (κ1) is 11.0. The van der Waals surface area contributed by atoms with Gasteiger partial charge in [0.05, 0.1) is 0 Å². The molecule has 1 heterocycles. The van der Waals surface area contributed by atoms with Gasteiger partial charge in [0.2, 0.25) is 0 Å². The van der Waals surface area contributed by atoms with Crippen LogP contribution in [0.3, 0.4) is 0 Å². The smallest absolute Gasteiger partial charge is 0.000664 e. The number of piperidine rings is 1. The molecule has 0 spiro atoms. The van der Waals surface area contributed by atoms with Crippen molar-refractivity contribution in [3.8, 4) is 0 Å². The molecule has 1 saturated heterocycles. The summed E-state index contributed by atoms with van der Waals surface area (Å²) >= 11 is 0. The number of hydrogen-bond donors (Lipinski definition) is 1. The fourth-order valence-corrected chi connectivity index (χ4v) is 1.89. The highest BCUT2D eigenvalue weighted by molar-refractivity contribution is 4.69. The minimum absolute atomic E-state index is 0.963. The number of likely N-dealkylation sites (tertiary alicyclic amines) is 1. The van der Waals surface area contributed by atoms with Crippen LogP contribution < -0.4 is 5.32 Å². The second-order valence-corrected chi connectivity index (χ2v) is 4.23. The van der Waals surface area contributed by atoms with Gasteiger partial charge in [-0.25, -0.2) is 0 Å². The minimum atomic E-state index is 0.963. The Labute approximate surface area is 82.7 Å². The van der Waals surface area contributed by atoms with E-state index in [1.54, 1.807) is 0 Å². The zero-order valence-corrected chi connectivity index (χ0v) is 9.18. The van der Waals surface area contributed by atoms with Crippen LogP contribution >= 0.6 is 0 Å². The third-order valence-corrected chi connectivity index (χ3v) is 2.95. The van der Waals surface area contributed by atoms with E-state index in [0.717, 1.165) is 12.5 Å². The Morgan fingerprint density at radius 3 is 2.62 bits per heavy atom. The predicted molar refractivity (Wildman–Crippen MR) is 58.0 cm³/mol. The molecular weight excluding hydrogens is 160 g/mol. The van der Waals surface area contributed by atoms with Gasteiger partial charge in [-0.2, -0.15) is 0 Å². The van der Waals surface area contributed by atoms with Crippen molar-refractivity contribution in [2.75, 3.05) is 32.7 Å². The Bertz CT molecular complexity index is 117. The Kier molecular flexibility index (Phi) is 5.40. The maximum absolute atomic E-state index is 3.37. The van der Waals surface area contributed by atoms with Crippen LogP contribution in [-0.4, -0.2) is 37.6 Å². The Morgan fingerprint density at radius 2 is 2.00 bits per heavy atom. The lowest BCUT2D eigenvalue weighted by Crippen LogP contribution is -2.34. The molecule has 0 aromatic carbocycles. The van der Waals surface area contributed by atoms with E-state index in [4.69, 9.17) is 0 Å². The fourth-order valence-electron chi connectivity index (χ4n) is 1.89. The molecule has 1 fully saturated rings. The molecular formula is C11H24N2. The van der Waals surface area contributed by atoms with E-state index in [2.05, 4.69) is 24.1 Å². The van der Waals surface area contributed by atoms with E-state index in [1.165, 1.54) is 45.4 Å². The summed E-state index contributed by atoms with van der Waals surface area (Å²) in [5.74, 6) is 0.963. The first-order valence-corrected chi connectivity index (χ1v) is 5.76. The molecule has 0 atom stereocenters. The maximum atomic E-state index is 3.37. The summed E-state index contributed by atoms with van der Waals surface area (Å²) in [6.45, 7) is 10.8. The second kappa shape index (κ2) is 6.39. The first-order valence-electron chi connectivity index (χ1n) is 5.76. The molecule has 0 radical (unpaired) electrons. The lowest BCUT2D eigenvalue weighted by atomic mass is 9.99. The molecule has 78 valence electrons.